The number of nitrogens with zero attached hydrogens (tertiary/aromatic N) is 1. The summed E-state index contributed by atoms with van der Waals surface area (Å²) in [5, 5.41) is 3.54. The molecule has 21 heavy (non-hydrogen) atoms. The summed E-state index contributed by atoms with van der Waals surface area (Å²) in [6, 6.07) is 11.0. The summed E-state index contributed by atoms with van der Waals surface area (Å²) in [6.45, 7) is 1.54. The van der Waals surface area contributed by atoms with Crippen molar-refractivity contribution in [3.05, 3.63) is 58.3 Å². The van der Waals surface area contributed by atoms with Crippen LogP contribution in [0.15, 0.2) is 47.2 Å². The van der Waals surface area contributed by atoms with Gasteiger partial charge in [0.05, 0.1) is 11.1 Å². The van der Waals surface area contributed by atoms with Gasteiger partial charge in [-0.1, -0.05) is 12.1 Å². The molecular weight excluding hydrogens is 328 g/mol. The van der Waals surface area contributed by atoms with Gasteiger partial charge in [0, 0.05) is 37.0 Å². The number of benzene rings is 1. The van der Waals surface area contributed by atoms with E-state index >= 15 is 0 Å². The lowest BCUT2D eigenvalue weighted by atomic mass is 10.2. The predicted octanol–water partition coefficient (Wildman–Crippen LogP) is 3.72. The quantitative estimate of drug-likeness (QED) is 0.829. The number of para-hydroxylation sites is 1. The van der Waals surface area contributed by atoms with Crippen molar-refractivity contribution in [2.24, 2.45) is 0 Å². The van der Waals surface area contributed by atoms with Gasteiger partial charge in [0.2, 0.25) is 0 Å². The zero-order chi connectivity index (χ0) is 14.5. The summed E-state index contributed by atoms with van der Waals surface area (Å²) in [7, 11) is 0. The minimum absolute atomic E-state index is 0.670. The van der Waals surface area contributed by atoms with Crippen LogP contribution in [-0.2, 0) is 13.0 Å². The first-order valence-corrected chi connectivity index (χ1v) is 8.15. The van der Waals surface area contributed by atoms with E-state index in [4.69, 9.17) is 4.74 Å². The zero-order valence-corrected chi connectivity index (χ0v) is 13.5. The molecule has 0 saturated heterocycles. The normalized spacial score (nSPS) is 14.1. The summed E-state index contributed by atoms with van der Waals surface area (Å²) in [5.41, 5.74) is 2.46. The smallest absolute Gasteiger partial charge is 0.137 e. The van der Waals surface area contributed by atoms with E-state index < -0.39 is 0 Å². The monoisotopic (exact) mass is 346 g/mol. The maximum atomic E-state index is 6.02. The summed E-state index contributed by atoms with van der Waals surface area (Å²) in [4.78, 5) is 4.03. The molecule has 1 aromatic carbocycles. The molecule has 1 aromatic heterocycles. The summed E-state index contributed by atoms with van der Waals surface area (Å²) >= 11 is 3.59. The molecule has 1 heterocycles. The Kier molecular flexibility index (Phi) is 4.88. The van der Waals surface area contributed by atoms with Gasteiger partial charge in [0.25, 0.3) is 0 Å². The first kappa shape index (κ1) is 14.5. The molecule has 0 bridgehead atoms. The van der Waals surface area contributed by atoms with Crippen LogP contribution in [0, 0.1) is 0 Å². The average Bonchev–Trinajstić information content (AvgIpc) is 3.33. The summed E-state index contributed by atoms with van der Waals surface area (Å²) in [6.07, 6.45) is 7.12. The van der Waals surface area contributed by atoms with Gasteiger partial charge in [-0.15, -0.1) is 0 Å². The number of hydrogen-bond acceptors (Lipinski definition) is 3. The standard InChI is InChI=1S/C17H19BrN2O/c18-16-3-1-2-14(12-20-15-4-5-15)17(16)21-11-8-13-6-9-19-10-7-13/h1-3,6-7,9-10,15,20H,4-5,8,11-12H2. The second-order valence-corrected chi connectivity index (χ2v) is 6.19. The van der Waals surface area contributed by atoms with Crippen molar-refractivity contribution in [2.75, 3.05) is 6.61 Å². The van der Waals surface area contributed by atoms with Crippen LogP contribution in [0.25, 0.3) is 0 Å². The second kappa shape index (κ2) is 7.05. The van der Waals surface area contributed by atoms with Gasteiger partial charge in [-0.25, -0.2) is 0 Å². The lowest BCUT2D eigenvalue weighted by Gasteiger charge is -2.14. The molecular formula is C17H19BrN2O. The Bertz CT molecular complexity index is 585. The molecule has 0 spiro atoms. The van der Waals surface area contributed by atoms with Crippen LogP contribution in [0.4, 0.5) is 0 Å². The van der Waals surface area contributed by atoms with Crippen molar-refractivity contribution in [3.63, 3.8) is 0 Å². The fraction of sp³-hybridized carbons (Fsp3) is 0.353. The molecule has 1 N–H and O–H groups in total. The van der Waals surface area contributed by atoms with E-state index in [1.165, 1.54) is 24.0 Å². The van der Waals surface area contributed by atoms with Crippen LogP contribution in [0.2, 0.25) is 0 Å². The van der Waals surface area contributed by atoms with E-state index in [0.717, 1.165) is 23.2 Å². The minimum atomic E-state index is 0.670. The first-order valence-electron chi connectivity index (χ1n) is 7.35. The van der Waals surface area contributed by atoms with E-state index in [-0.39, 0.29) is 0 Å². The topological polar surface area (TPSA) is 34.1 Å². The van der Waals surface area contributed by atoms with Gasteiger partial charge < -0.3 is 10.1 Å². The highest BCUT2D eigenvalue weighted by atomic mass is 79.9. The van der Waals surface area contributed by atoms with Crippen molar-refractivity contribution in [1.82, 2.24) is 10.3 Å². The maximum Gasteiger partial charge on any atom is 0.137 e. The molecule has 1 aliphatic rings. The number of halogens is 1. The van der Waals surface area contributed by atoms with E-state index in [1.54, 1.807) is 0 Å². The highest BCUT2D eigenvalue weighted by Crippen LogP contribution is 2.30. The molecule has 2 aromatic rings. The number of nitrogens with one attached hydrogen (secondary N) is 1. The van der Waals surface area contributed by atoms with Crippen LogP contribution in [0.3, 0.4) is 0 Å². The van der Waals surface area contributed by atoms with E-state index in [1.807, 2.05) is 30.6 Å². The highest BCUT2D eigenvalue weighted by molar-refractivity contribution is 9.10. The third-order valence-electron chi connectivity index (χ3n) is 3.59. The summed E-state index contributed by atoms with van der Waals surface area (Å²) in [5.74, 6) is 0.958. The third kappa shape index (κ3) is 4.29. The number of pyridine rings is 1. The first-order chi connectivity index (χ1) is 10.3. The molecule has 4 heteroatoms. The van der Waals surface area contributed by atoms with Crippen molar-refractivity contribution < 1.29 is 4.74 Å². The highest BCUT2D eigenvalue weighted by Gasteiger charge is 2.20. The Morgan fingerprint density at radius 3 is 2.76 bits per heavy atom. The number of ether oxygens (including phenoxy) is 1. The Balaban J connectivity index is 1.60. The Labute approximate surface area is 133 Å². The molecule has 0 unspecified atom stereocenters. The number of aromatic nitrogens is 1. The third-order valence-corrected chi connectivity index (χ3v) is 4.22. The predicted molar refractivity (Wildman–Crippen MR) is 87.4 cm³/mol. The number of hydrogen-bond donors (Lipinski definition) is 1. The van der Waals surface area contributed by atoms with Gasteiger partial charge in [-0.3, -0.25) is 4.98 Å². The van der Waals surface area contributed by atoms with Crippen LogP contribution in [0.5, 0.6) is 5.75 Å². The van der Waals surface area contributed by atoms with Crippen molar-refractivity contribution >= 4 is 15.9 Å². The average molecular weight is 347 g/mol. The molecule has 3 nitrogen and oxygen atoms in total. The van der Waals surface area contributed by atoms with Gasteiger partial charge in [-0.05, 0) is 52.5 Å². The molecule has 0 amide bonds. The molecule has 1 saturated carbocycles. The van der Waals surface area contributed by atoms with Crippen molar-refractivity contribution in [2.45, 2.75) is 31.8 Å². The molecule has 1 fully saturated rings. The van der Waals surface area contributed by atoms with E-state index in [9.17, 15) is 0 Å². The molecule has 1 aliphatic carbocycles. The lowest BCUT2D eigenvalue weighted by Crippen LogP contribution is -2.16. The Morgan fingerprint density at radius 1 is 1.19 bits per heavy atom. The van der Waals surface area contributed by atoms with Gasteiger partial charge in [0.15, 0.2) is 0 Å². The van der Waals surface area contributed by atoms with Crippen LogP contribution >= 0.6 is 15.9 Å². The van der Waals surface area contributed by atoms with E-state index in [0.29, 0.717) is 12.6 Å². The van der Waals surface area contributed by atoms with E-state index in [2.05, 4.69) is 38.4 Å². The summed E-state index contributed by atoms with van der Waals surface area (Å²) < 4.78 is 7.04. The largest absolute Gasteiger partial charge is 0.492 e. The Morgan fingerprint density at radius 2 is 2.00 bits per heavy atom. The van der Waals surface area contributed by atoms with Crippen molar-refractivity contribution in [3.8, 4) is 5.75 Å². The molecule has 3 rings (SSSR count). The van der Waals surface area contributed by atoms with Gasteiger partial charge in [-0.2, -0.15) is 0 Å². The van der Waals surface area contributed by atoms with Crippen molar-refractivity contribution in [1.29, 1.82) is 0 Å². The maximum absolute atomic E-state index is 6.02. The van der Waals surface area contributed by atoms with Gasteiger partial charge in [0.1, 0.15) is 5.75 Å². The minimum Gasteiger partial charge on any atom is -0.492 e. The SMILES string of the molecule is Brc1cccc(CNC2CC2)c1OCCc1ccncc1. The fourth-order valence-corrected chi connectivity index (χ4v) is 2.74. The fourth-order valence-electron chi connectivity index (χ4n) is 2.22. The molecule has 0 aliphatic heterocycles. The second-order valence-electron chi connectivity index (χ2n) is 5.34. The molecule has 110 valence electrons. The van der Waals surface area contributed by atoms with Crippen LogP contribution in [-0.4, -0.2) is 17.6 Å². The van der Waals surface area contributed by atoms with Gasteiger partial charge >= 0.3 is 0 Å². The Hall–Kier alpha value is -1.39. The molecule has 0 radical (unpaired) electrons. The van der Waals surface area contributed by atoms with Crippen LogP contribution < -0.4 is 10.1 Å². The lowest BCUT2D eigenvalue weighted by molar-refractivity contribution is 0.315. The van der Waals surface area contributed by atoms with Crippen LogP contribution in [0.1, 0.15) is 24.0 Å². The number of rotatable bonds is 7. The zero-order valence-electron chi connectivity index (χ0n) is 11.9. The molecule has 0 atom stereocenters.